The van der Waals surface area contributed by atoms with Gasteiger partial charge in [-0.25, -0.2) is 29.0 Å². The van der Waals surface area contributed by atoms with Crippen LogP contribution < -0.4 is 4.74 Å². The van der Waals surface area contributed by atoms with E-state index in [2.05, 4.69) is 40.5 Å². The second-order valence-electron chi connectivity index (χ2n) is 12.4. The Morgan fingerprint density at radius 2 is 1.98 bits per heavy atom. The van der Waals surface area contributed by atoms with E-state index in [0.29, 0.717) is 13.0 Å². The van der Waals surface area contributed by atoms with Gasteiger partial charge in [0.05, 0.1) is 17.9 Å². The lowest BCUT2D eigenvalue weighted by atomic mass is 9.86. The number of nitrogens with zero attached hydrogens (tertiary/aromatic N) is 6. The molecule has 0 unspecified atom stereocenters. The van der Waals surface area contributed by atoms with E-state index in [4.69, 9.17) is 20.9 Å². The van der Waals surface area contributed by atoms with E-state index in [-0.39, 0.29) is 47.1 Å². The van der Waals surface area contributed by atoms with E-state index < -0.39 is 42.1 Å². The molecular weight excluding hydrogens is 623 g/mol. The predicted molar refractivity (Wildman–Crippen MR) is 170 cm³/mol. The number of ether oxygens (including phenoxy) is 2. The number of hydrogen-bond donors (Lipinski definition) is 1. The van der Waals surface area contributed by atoms with Crippen molar-refractivity contribution in [3.63, 3.8) is 0 Å². The average Bonchev–Trinajstić information content (AvgIpc) is 3.73. The third kappa shape index (κ3) is 7.51. The zero-order valence-electron chi connectivity index (χ0n) is 26.0. The number of carbonyl (C=O) groups is 2. The van der Waals surface area contributed by atoms with Crippen LogP contribution in [0.1, 0.15) is 30.2 Å². The highest BCUT2D eigenvalue weighted by molar-refractivity contribution is 8.16. The van der Waals surface area contributed by atoms with Crippen molar-refractivity contribution in [3.05, 3.63) is 47.4 Å². The topological polar surface area (TPSA) is 130 Å². The van der Waals surface area contributed by atoms with E-state index in [9.17, 15) is 14.7 Å². The SMILES string of the molecule is C#CCOc1cnc(/C(F)=C/c2cnc(F)c([C@@]3(C)N=C(N(COCC[Si](C)(C)C)C(=O)O)S[C@@]4(C(=O)N(C)C)C[C@H]43)c2)cn1. The van der Waals surface area contributed by atoms with Crippen LogP contribution in [0.2, 0.25) is 25.7 Å². The number of halogens is 2. The Bertz CT molecular complexity index is 1560. The van der Waals surface area contributed by atoms with Crippen LogP contribution in [0.3, 0.4) is 0 Å². The number of amidine groups is 1. The normalized spacial score (nSPS) is 22.5. The van der Waals surface area contributed by atoms with Crippen LogP contribution in [0.15, 0.2) is 29.6 Å². The molecule has 11 nitrogen and oxygen atoms in total. The first-order valence-corrected chi connectivity index (χ1v) is 18.6. The molecule has 3 heterocycles. The Kier molecular flexibility index (Phi) is 10.0. The van der Waals surface area contributed by atoms with Crippen molar-refractivity contribution in [3.8, 4) is 18.2 Å². The molecule has 1 fully saturated rings. The number of hydrogen-bond acceptors (Lipinski definition) is 9. The van der Waals surface area contributed by atoms with Crippen molar-refractivity contribution < 1.29 is 33.0 Å². The molecule has 0 radical (unpaired) electrons. The molecule has 1 saturated carbocycles. The Morgan fingerprint density at radius 1 is 1.24 bits per heavy atom. The Balaban J connectivity index is 1.71. The molecule has 3 atom stereocenters. The van der Waals surface area contributed by atoms with Gasteiger partial charge in [-0.2, -0.15) is 4.39 Å². The number of fused-ring (bicyclic) bond motifs is 1. The van der Waals surface area contributed by atoms with Gasteiger partial charge in [-0.1, -0.05) is 37.3 Å². The standard InChI is InChI=1S/C30H36F2N6O5SSi/c1-8-9-43-24-17-33-22(16-34-24)21(31)13-19-12-20(25(32)35-15-19)29(2)23-14-30(23,26(39)37(3)4)44-27(36-29)38(28(40)41)18-42-10-11-45(5,6)7/h1,12-13,15-17,23H,9-11,14,18H2,2-7H3,(H,40,41)/b21-13-/t23-,29+,30-/m0/s1. The molecule has 45 heavy (non-hydrogen) atoms. The third-order valence-corrected chi connectivity index (χ3v) is 10.7. The maximum atomic E-state index is 15.5. The number of amides is 2. The Labute approximate surface area is 266 Å². The summed E-state index contributed by atoms with van der Waals surface area (Å²) in [5.41, 5.74) is -1.32. The molecule has 2 aromatic rings. The Hall–Kier alpha value is -3.87. The molecular formula is C30H36F2N6O5SSi. The summed E-state index contributed by atoms with van der Waals surface area (Å²) in [5, 5.41) is 10.1. The molecule has 0 bridgehead atoms. The second kappa shape index (κ2) is 13.2. The number of rotatable bonds is 11. The summed E-state index contributed by atoms with van der Waals surface area (Å²) in [6.07, 6.45) is 8.83. The molecule has 0 saturated heterocycles. The molecule has 2 aromatic heterocycles. The van der Waals surface area contributed by atoms with Gasteiger partial charge in [-0.15, -0.1) is 6.42 Å². The minimum absolute atomic E-state index is 0.00520. The van der Waals surface area contributed by atoms with Crippen molar-refractivity contribution in [2.45, 2.75) is 49.3 Å². The number of carboxylic acid groups (broad SMARTS) is 1. The van der Waals surface area contributed by atoms with E-state index >= 15 is 8.78 Å². The second-order valence-corrected chi connectivity index (χ2v) is 19.3. The molecule has 2 aliphatic rings. The molecule has 240 valence electrons. The minimum atomic E-state index is -1.44. The molecule has 1 N–H and O–H groups in total. The van der Waals surface area contributed by atoms with Crippen LogP contribution in [-0.2, 0) is 15.1 Å². The molecule has 2 amide bonds. The van der Waals surface area contributed by atoms with E-state index in [1.54, 1.807) is 21.0 Å². The third-order valence-electron chi connectivity index (χ3n) is 7.51. The van der Waals surface area contributed by atoms with Crippen molar-refractivity contribution in [2.75, 3.05) is 34.0 Å². The smallest absolute Gasteiger partial charge is 0.415 e. The minimum Gasteiger partial charge on any atom is -0.465 e. The first kappa shape index (κ1) is 34.0. The fourth-order valence-corrected chi connectivity index (χ4v) is 7.42. The number of aromatic nitrogens is 3. The average molecular weight is 659 g/mol. The van der Waals surface area contributed by atoms with Crippen LogP contribution in [0.5, 0.6) is 5.88 Å². The fourth-order valence-electron chi connectivity index (χ4n) is 4.97. The molecule has 1 aliphatic heterocycles. The number of aliphatic imine (C=N–C) groups is 1. The van der Waals surface area contributed by atoms with Gasteiger partial charge in [0.25, 0.3) is 0 Å². The first-order valence-electron chi connectivity index (χ1n) is 14.1. The van der Waals surface area contributed by atoms with Crippen LogP contribution in [0, 0.1) is 24.2 Å². The van der Waals surface area contributed by atoms with Crippen molar-refractivity contribution in [2.24, 2.45) is 10.9 Å². The largest absolute Gasteiger partial charge is 0.465 e. The summed E-state index contributed by atoms with van der Waals surface area (Å²) < 4.78 is 40.5. The van der Waals surface area contributed by atoms with Crippen LogP contribution in [0.25, 0.3) is 11.9 Å². The highest BCUT2D eigenvalue weighted by atomic mass is 32.2. The van der Waals surface area contributed by atoms with Crippen LogP contribution in [-0.4, -0.2) is 93.9 Å². The lowest BCUT2D eigenvalue weighted by molar-refractivity contribution is -0.129. The number of carbonyl (C=O) groups excluding carboxylic acids is 1. The Morgan fingerprint density at radius 3 is 2.58 bits per heavy atom. The molecule has 15 heteroatoms. The van der Waals surface area contributed by atoms with Gasteiger partial charge in [-0.05, 0) is 37.1 Å². The van der Waals surface area contributed by atoms with Gasteiger partial charge < -0.3 is 19.5 Å². The van der Waals surface area contributed by atoms with Crippen molar-refractivity contribution >= 4 is 48.9 Å². The highest BCUT2D eigenvalue weighted by Gasteiger charge is 2.71. The molecule has 0 spiro atoms. The van der Waals surface area contributed by atoms with Crippen molar-refractivity contribution in [1.82, 2.24) is 24.8 Å². The lowest BCUT2D eigenvalue weighted by Gasteiger charge is -2.37. The summed E-state index contributed by atoms with van der Waals surface area (Å²) in [4.78, 5) is 44.9. The quantitative estimate of drug-likeness (QED) is 0.117. The van der Waals surface area contributed by atoms with Gasteiger partial charge in [0, 0.05) is 46.5 Å². The number of terminal acetylenes is 1. The van der Waals surface area contributed by atoms with Crippen LogP contribution in [0.4, 0.5) is 13.6 Å². The van der Waals surface area contributed by atoms with Gasteiger partial charge in [-0.3, -0.25) is 9.79 Å². The molecule has 0 aromatic carbocycles. The maximum Gasteiger partial charge on any atom is 0.415 e. The van der Waals surface area contributed by atoms with E-state index in [1.807, 2.05) is 0 Å². The summed E-state index contributed by atoms with van der Waals surface area (Å²) in [6.45, 7) is 8.22. The zero-order chi connectivity index (χ0) is 33.2. The monoisotopic (exact) mass is 658 g/mol. The number of pyridine rings is 1. The first-order chi connectivity index (χ1) is 21.1. The highest BCUT2D eigenvalue weighted by Crippen LogP contribution is 2.67. The van der Waals surface area contributed by atoms with Gasteiger partial charge in [0.1, 0.15) is 17.2 Å². The summed E-state index contributed by atoms with van der Waals surface area (Å²) in [7, 11) is 1.78. The van der Waals surface area contributed by atoms with E-state index in [1.165, 1.54) is 23.4 Å². The molecule has 1 aliphatic carbocycles. The van der Waals surface area contributed by atoms with Gasteiger partial charge in [0.2, 0.25) is 17.7 Å². The summed E-state index contributed by atoms with van der Waals surface area (Å²) in [5.74, 6) is 0.0535. The van der Waals surface area contributed by atoms with Crippen LogP contribution >= 0.6 is 11.8 Å². The predicted octanol–water partition coefficient (Wildman–Crippen LogP) is 4.95. The summed E-state index contributed by atoms with van der Waals surface area (Å²) >= 11 is 1.05. The van der Waals surface area contributed by atoms with E-state index in [0.717, 1.165) is 35.0 Å². The van der Waals surface area contributed by atoms with Gasteiger partial charge in [0.15, 0.2) is 17.6 Å². The fraction of sp³-hybridized carbons (Fsp3) is 0.467. The molecule has 4 rings (SSSR count). The summed E-state index contributed by atoms with van der Waals surface area (Å²) in [6, 6.07) is 2.22. The lowest BCUT2D eigenvalue weighted by Crippen LogP contribution is -2.47. The maximum absolute atomic E-state index is 15.5. The van der Waals surface area contributed by atoms with Gasteiger partial charge >= 0.3 is 6.09 Å². The number of thioether (sulfide) groups is 1. The van der Waals surface area contributed by atoms with Crippen molar-refractivity contribution in [1.29, 1.82) is 0 Å². The zero-order valence-corrected chi connectivity index (χ0v) is 27.8.